The van der Waals surface area contributed by atoms with Crippen LogP contribution in [-0.2, 0) is 17.8 Å². The molecule has 1 amide bonds. The largest absolute Gasteiger partial charge is 0.345 e. The number of amides is 1. The highest BCUT2D eigenvalue weighted by Gasteiger charge is 2.25. The maximum Gasteiger partial charge on any atom is 0.242 e. The molecule has 3 aromatic rings. The number of likely N-dealkylation sites (tertiary alicyclic amines) is 1. The molecular formula is C18H20N4O2S. The number of carbonyl (C=O) groups excluding carboxylic acids is 1. The second-order valence-corrected chi connectivity index (χ2v) is 7.21. The molecule has 0 aromatic carbocycles. The monoisotopic (exact) mass is 356 g/mol. The van der Waals surface area contributed by atoms with Gasteiger partial charge in [0.25, 0.3) is 0 Å². The summed E-state index contributed by atoms with van der Waals surface area (Å²) >= 11 is 1.62. The third kappa shape index (κ3) is 3.82. The van der Waals surface area contributed by atoms with Crippen LogP contribution in [0.2, 0.25) is 0 Å². The number of carbonyl (C=O) groups is 1. The predicted octanol–water partition coefficient (Wildman–Crippen LogP) is 3.08. The Morgan fingerprint density at radius 2 is 2.24 bits per heavy atom. The van der Waals surface area contributed by atoms with Crippen molar-refractivity contribution in [3.05, 3.63) is 47.2 Å². The molecule has 1 aliphatic heterocycles. The summed E-state index contributed by atoms with van der Waals surface area (Å²) in [5.41, 5.74) is 0.993. The first kappa shape index (κ1) is 16.1. The van der Waals surface area contributed by atoms with Crippen molar-refractivity contribution < 1.29 is 9.32 Å². The highest BCUT2D eigenvalue weighted by molar-refractivity contribution is 7.08. The molecule has 4 rings (SSSR count). The van der Waals surface area contributed by atoms with E-state index in [0.717, 1.165) is 37.9 Å². The maximum absolute atomic E-state index is 12.5. The Kier molecular flexibility index (Phi) is 4.65. The molecule has 130 valence electrons. The SMILES string of the molecule is O=C(Cn1cccc1)N1CCCC(Cc2nc(-c3ccsc3)no2)C1. The summed E-state index contributed by atoms with van der Waals surface area (Å²) in [6.45, 7) is 2.00. The molecule has 1 saturated heterocycles. The quantitative estimate of drug-likeness (QED) is 0.705. The number of hydrogen-bond donors (Lipinski definition) is 0. The normalized spacial score (nSPS) is 17.8. The molecule has 6 nitrogen and oxygen atoms in total. The van der Waals surface area contributed by atoms with Gasteiger partial charge in [0.1, 0.15) is 6.54 Å². The van der Waals surface area contributed by atoms with Crippen molar-refractivity contribution in [2.45, 2.75) is 25.8 Å². The summed E-state index contributed by atoms with van der Waals surface area (Å²) in [4.78, 5) is 18.9. The molecule has 0 N–H and O–H groups in total. The smallest absolute Gasteiger partial charge is 0.242 e. The predicted molar refractivity (Wildman–Crippen MR) is 95.1 cm³/mol. The van der Waals surface area contributed by atoms with Gasteiger partial charge in [-0.15, -0.1) is 0 Å². The van der Waals surface area contributed by atoms with E-state index in [9.17, 15) is 4.79 Å². The van der Waals surface area contributed by atoms with Gasteiger partial charge in [-0.1, -0.05) is 5.16 Å². The van der Waals surface area contributed by atoms with Crippen molar-refractivity contribution in [2.24, 2.45) is 5.92 Å². The molecular weight excluding hydrogens is 336 g/mol. The van der Waals surface area contributed by atoms with Crippen LogP contribution < -0.4 is 0 Å². The van der Waals surface area contributed by atoms with Crippen LogP contribution in [-0.4, -0.2) is 38.6 Å². The summed E-state index contributed by atoms with van der Waals surface area (Å²) in [6.07, 6.45) is 6.68. The number of piperidine rings is 1. The average Bonchev–Trinajstić information content (AvgIpc) is 3.37. The lowest BCUT2D eigenvalue weighted by molar-refractivity contribution is -0.133. The lowest BCUT2D eigenvalue weighted by atomic mass is 9.94. The van der Waals surface area contributed by atoms with Crippen molar-refractivity contribution in [3.8, 4) is 11.4 Å². The van der Waals surface area contributed by atoms with Crippen molar-refractivity contribution >= 4 is 17.2 Å². The first-order valence-electron chi connectivity index (χ1n) is 8.51. The van der Waals surface area contributed by atoms with E-state index in [1.165, 1.54) is 0 Å². The Bertz CT molecular complexity index is 810. The minimum Gasteiger partial charge on any atom is -0.345 e. The fraction of sp³-hybridized carbons (Fsp3) is 0.389. The summed E-state index contributed by atoms with van der Waals surface area (Å²) in [6, 6.07) is 5.86. The van der Waals surface area contributed by atoms with Gasteiger partial charge in [-0.3, -0.25) is 4.79 Å². The van der Waals surface area contributed by atoms with Gasteiger partial charge < -0.3 is 14.0 Å². The van der Waals surface area contributed by atoms with Gasteiger partial charge in [-0.25, -0.2) is 0 Å². The number of aromatic nitrogens is 3. The molecule has 1 aliphatic rings. The Labute approximate surface area is 150 Å². The van der Waals surface area contributed by atoms with E-state index in [0.29, 0.717) is 24.2 Å². The molecule has 0 bridgehead atoms. The van der Waals surface area contributed by atoms with E-state index in [-0.39, 0.29) is 5.91 Å². The number of nitrogens with zero attached hydrogens (tertiary/aromatic N) is 4. The van der Waals surface area contributed by atoms with Gasteiger partial charge in [0, 0.05) is 42.8 Å². The summed E-state index contributed by atoms with van der Waals surface area (Å²) in [7, 11) is 0. The minimum absolute atomic E-state index is 0.172. The molecule has 0 aliphatic carbocycles. The average molecular weight is 356 g/mol. The zero-order valence-corrected chi connectivity index (χ0v) is 14.7. The molecule has 25 heavy (non-hydrogen) atoms. The number of thiophene rings is 1. The topological polar surface area (TPSA) is 64.2 Å². The first-order valence-corrected chi connectivity index (χ1v) is 9.46. The minimum atomic E-state index is 0.172. The fourth-order valence-electron chi connectivity index (χ4n) is 3.28. The van der Waals surface area contributed by atoms with Crippen LogP contribution in [0, 0.1) is 5.92 Å². The first-order chi connectivity index (χ1) is 12.3. The van der Waals surface area contributed by atoms with Crippen molar-refractivity contribution in [1.82, 2.24) is 19.6 Å². The standard InChI is InChI=1S/C18H20N4O2S/c23-17(12-21-6-1-2-7-21)22-8-3-4-14(11-22)10-16-19-18(20-24-16)15-5-9-25-13-15/h1-2,5-7,9,13-14H,3-4,8,10-12H2. The molecule has 0 saturated carbocycles. The Morgan fingerprint density at radius 3 is 3.04 bits per heavy atom. The van der Waals surface area contributed by atoms with E-state index in [2.05, 4.69) is 10.1 Å². The van der Waals surface area contributed by atoms with E-state index in [1.54, 1.807) is 11.3 Å². The number of rotatable bonds is 5. The van der Waals surface area contributed by atoms with Crippen LogP contribution in [0.15, 0.2) is 45.9 Å². The molecule has 1 unspecified atom stereocenters. The van der Waals surface area contributed by atoms with Crippen molar-refractivity contribution in [1.29, 1.82) is 0 Å². The van der Waals surface area contributed by atoms with Gasteiger partial charge in [0.05, 0.1) is 0 Å². The Morgan fingerprint density at radius 1 is 1.36 bits per heavy atom. The van der Waals surface area contributed by atoms with Gasteiger partial charge in [-0.05, 0) is 42.3 Å². The van der Waals surface area contributed by atoms with E-state index >= 15 is 0 Å². The van der Waals surface area contributed by atoms with Gasteiger partial charge >= 0.3 is 0 Å². The second kappa shape index (κ2) is 7.23. The summed E-state index contributed by atoms with van der Waals surface area (Å²) in [5, 5.41) is 8.08. The highest BCUT2D eigenvalue weighted by Crippen LogP contribution is 2.23. The van der Waals surface area contributed by atoms with Gasteiger partial charge in [0.15, 0.2) is 0 Å². The third-order valence-corrected chi connectivity index (χ3v) is 5.25. The highest BCUT2D eigenvalue weighted by atomic mass is 32.1. The molecule has 1 fully saturated rings. The van der Waals surface area contributed by atoms with Crippen LogP contribution in [0.5, 0.6) is 0 Å². The molecule has 4 heterocycles. The maximum atomic E-state index is 12.5. The second-order valence-electron chi connectivity index (χ2n) is 6.43. The third-order valence-electron chi connectivity index (χ3n) is 4.57. The lowest BCUT2D eigenvalue weighted by Gasteiger charge is -2.32. The van der Waals surface area contributed by atoms with Crippen LogP contribution in [0.1, 0.15) is 18.7 Å². The van der Waals surface area contributed by atoms with E-state index < -0.39 is 0 Å². The molecule has 1 atom stereocenters. The van der Waals surface area contributed by atoms with Crippen LogP contribution in [0.4, 0.5) is 0 Å². The lowest BCUT2D eigenvalue weighted by Crippen LogP contribution is -2.42. The van der Waals surface area contributed by atoms with Gasteiger partial charge in [0.2, 0.25) is 17.6 Å². The summed E-state index contributed by atoms with van der Waals surface area (Å²) < 4.78 is 7.32. The molecule has 0 spiro atoms. The molecule has 3 aromatic heterocycles. The zero-order valence-electron chi connectivity index (χ0n) is 13.9. The fourth-order valence-corrected chi connectivity index (χ4v) is 3.92. The molecule has 7 heteroatoms. The Hall–Kier alpha value is -2.41. The van der Waals surface area contributed by atoms with E-state index in [4.69, 9.17) is 4.52 Å². The molecule has 0 radical (unpaired) electrons. The van der Waals surface area contributed by atoms with Gasteiger partial charge in [-0.2, -0.15) is 16.3 Å². The van der Waals surface area contributed by atoms with Crippen LogP contribution in [0.3, 0.4) is 0 Å². The number of hydrogen-bond acceptors (Lipinski definition) is 5. The van der Waals surface area contributed by atoms with Crippen molar-refractivity contribution in [3.63, 3.8) is 0 Å². The van der Waals surface area contributed by atoms with Crippen molar-refractivity contribution in [2.75, 3.05) is 13.1 Å². The van der Waals surface area contributed by atoms with E-state index in [1.807, 2.05) is 50.8 Å². The Balaban J connectivity index is 1.36. The summed E-state index contributed by atoms with van der Waals surface area (Å²) in [5.74, 6) is 1.85. The van der Waals surface area contributed by atoms with Crippen LogP contribution in [0.25, 0.3) is 11.4 Å². The zero-order chi connectivity index (χ0) is 17.1. The van der Waals surface area contributed by atoms with Crippen LogP contribution >= 0.6 is 11.3 Å².